The number of nitriles is 1. The Morgan fingerprint density at radius 2 is 1.93 bits per heavy atom. The van der Waals surface area contributed by atoms with Crippen LogP contribution >= 0.6 is 11.3 Å². The molecule has 6 nitrogen and oxygen atoms in total. The highest BCUT2D eigenvalue weighted by Gasteiger charge is 2.41. The molecule has 3 aromatic rings. The Kier molecular flexibility index (Phi) is 4.97. The van der Waals surface area contributed by atoms with E-state index < -0.39 is 10.0 Å². The third kappa shape index (κ3) is 3.69. The van der Waals surface area contributed by atoms with Gasteiger partial charge in [0.15, 0.2) is 0 Å². The minimum atomic E-state index is -3.09. The molecule has 1 saturated carbocycles. The van der Waals surface area contributed by atoms with E-state index in [1.54, 1.807) is 10.5 Å². The summed E-state index contributed by atoms with van der Waals surface area (Å²) in [5.41, 5.74) is 2.07. The Labute approximate surface area is 180 Å². The third-order valence-electron chi connectivity index (χ3n) is 5.88. The number of aromatic nitrogens is 1. The fourth-order valence-corrected chi connectivity index (χ4v) is 6.73. The Morgan fingerprint density at radius 3 is 2.63 bits per heavy atom. The molecule has 0 amide bonds. The number of anilines is 1. The van der Waals surface area contributed by atoms with Gasteiger partial charge in [-0.1, -0.05) is 0 Å². The molecule has 0 spiro atoms. The number of sulfonamides is 1. The van der Waals surface area contributed by atoms with Gasteiger partial charge in [-0.15, -0.1) is 11.3 Å². The van der Waals surface area contributed by atoms with Crippen molar-refractivity contribution >= 4 is 37.8 Å². The van der Waals surface area contributed by atoms with Crippen LogP contribution in [0.3, 0.4) is 0 Å². The summed E-state index contributed by atoms with van der Waals surface area (Å²) in [5, 5.41) is 14.8. The third-order valence-corrected chi connectivity index (χ3v) is 9.31. The van der Waals surface area contributed by atoms with Crippen LogP contribution < -0.4 is 5.32 Å². The van der Waals surface area contributed by atoms with Crippen molar-refractivity contribution in [2.75, 3.05) is 18.4 Å². The number of rotatable bonds is 5. The molecular formula is C22H22N4O2S2. The maximum atomic E-state index is 12.5. The van der Waals surface area contributed by atoms with Gasteiger partial charge in [-0.05, 0) is 67.0 Å². The summed E-state index contributed by atoms with van der Waals surface area (Å²) < 4.78 is 26.7. The molecule has 2 aliphatic rings. The first-order valence-corrected chi connectivity index (χ1v) is 12.5. The molecule has 1 aliphatic heterocycles. The molecule has 3 heterocycles. The highest BCUT2D eigenvalue weighted by Crippen LogP contribution is 2.36. The molecule has 1 aromatic carbocycles. The Morgan fingerprint density at radius 1 is 1.13 bits per heavy atom. The lowest BCUT2D eigenvalue weighted by molar-refractivity contribution is 0.329. The van der Waals surface area contributed by atoms with Crippen LogP contribution in [-0.2, 0) is 10.0 Å². The van der Waals surface area contributed by atoms with Gasteiger partial charge in [0, 0.05) is 47.5 Å². The monoisotopic (exact) mass is 438 g/mol. The fourth-order valence-electron chi connectivity index (χ4n) is 4.06. The number of benzene rings is 1. The van der Waals surface area contributed by atoms with Crippen LogP contribution in [0, 0.1) is 11.3 Å². The van der Waals surface area contributed by atoms with Crippen LogP contribution in [0.4, 0.5) is 5.69 Å². The van der Waals surface area contributed by atoms with E-state index >= 15 is 0 Å². The smallest absolute Gasteiger partial charge is 0.216 e. The average Bonchev–Trinajstić information content (AvgIpc) is 3.52. The topological polar surface area (TPSA) is 86.1 Å². The Bertz CT molecular complexity index is 1230. The Hall–Kier alpha value is -2.47. The second-order valence-electron chi connectivity index (χ2n) is 7.96. The lowest BCUT2D eigenvalue weighted by Gasteiger charge is -2.32. The highest BCUT2D eigenvalue weighted by atomic mass is 32.2. The molecule has 1 aliphatic carbocycles. The molecule has 0 unspecified atom stereocenters. The summed E-state index contributed by atoms with van der Waals surface area (Å²) in [6, 6.07) is 12.5. The number of hydrogen-bond acceptors (Lipinski definition) is 6. The predicted octanol–water partition coefficient (Wildman–Crippen LogP) is 4.20. The number of fused-ring (bicyclic) bond motifs is 1. The molecule has 154 valence electrons. The molecule has 8 heteroatoms. The van der Waals surface area contributed by atoms with E-state index in [0.29, 0.717) is 18.0 Å². The zero-order valence-corrected chi connectivity index (χ0v) is 18.0. The SMILES string of the molecule is N#Cc1ccc(-c2cc(NC3CCN(S(=O)(=O)C4CC4)CC3)c3cnccc3c2)s1. The van der Waals surface area contributed by atoms with E-state index in [-0.39, 0.29) is 11.3 Å². The molecule has 2 fully saturated rings. The standard InChI is InChI=1S/C22H22N4O2S2/c23-13-18-1-4-22(29-18)16-11-15-5-8-24-14-20(15)21(12-16)25-17-6-9-26(10-7-17)30(27,28)19-2-3-19/h1,4-5,8,11-12,14,17,19,25H,2-3,6-7,9-10H2. The van der Waals surface area contributed by atoms with Crippen LogP contribution in [0.5, 0.6) is 0 Å². The molecule has 1 N–H and O–H groups in total. The molecule has 1 saturated heterocycles. The second-order valence-corrected chi connectivity index (χ2v) is 11.3. The predicted molar refractivity (Wildman–Crippen MR) is 120 cm³/mol. The summed E-state index contributed by atoms with van der Waals surface area (Å²) in [7, 11) is -3.09. The van der Waals surface area contributed by atoms with Crippen LogP contribution in [0.1, 0.15) is 30.6 Å². The number of nitrogens with one attached hydrogen (secondary N) is 1. The zero-order valence-electron chi connectivity index (χ0n) is 16.4. The lowest BCUT2D eigenvalue weighted by Crippen LogP contribution is -2.43. The first kappa shape index (κ1) is 19.5. The zero-order chi connectivity index (χ0) is 20.7. The summed E-state index contributed by atoms with van der Waals surface area (Å²) in [6.07, 6.45) is 6.84. The summed E-state index contributed by atoms with van der Waals surface area (Å²) >= 11 is 1.48. The van der Waals surface area contributed by atoms with Crippen LogP contribution in [0.2, 0.25) is 0 Å². The largest absolute Gasteiger partial charge is 0.382 e. The van der Waals surface area contributed by atoms with Gasteiger partial charge in [-0.2, -0.15) is 5.26 Å². The van der Waals surface area contributed by atoms with Crippen LogP contribution in [-0.4, -0.2) is 42.1 Å². The molecule has 0 bridgehead atoms. The lowest BCUT2D eigenvalue weighted by atomic mass is 10.0. The van der Waals surface area contributed by atoms with Crippen molar-refractivity contribution in [3.8, 4) is 16.5 Å². The summed E-state index contributed by atoms with van der Waals surface area (Å²) in [6.45, 7) is 1.14. The fraction of sp³-hybridized carbons (Fsp3) is 0.364. The van der Waals surface area contributed by atoms with Crippen molar-refractivity contribution in [3.63, 3.8) is 0 Å². The van der Waals surface area contributed by atoms with E-state index in [9.17, 15) is 8.42 Å². The Balaban J connectivity index is 1.39. The van der Waals surface area contributed by atoms with E-state index in [2.05, 4.69) is 28.5 Å². The first-order valence-electron chi connectivity index (χ1n) is 10.2. The summed E-state index contributed by atoms with van der Waals surface area (Å²) in [5.74, 6) is 0. The maximum Gasteiger partial charge on any atom is 0.216 e. The molecule has 5 rings (SSSR count). The van der Waals surface area contributed by atoms with Gasteiger partial charge in [-0.3, -0.25) is 4.98 Å². The van der Waals surface area contributed by atoms with E-state index in [4.69, 9.17) is 5.26 Å². The highest BCUT2D eigenvalue weighted by molar-refractivity contribution is 7.90. The van der Waals surface area contributed by atoms with Crippen molar-refractivity contribution < 1.29 is 8.42 Å². The van der Waals surface area contributed by atoms with E-state index in [0.717, 1.165) is 52.6 Å². The quantitative estimate of drug-likeness (QED) is 0.645. The van der Waals surface area contributed by atoms with Crippen molar-refractivity contribution in [2.24, 2.45) is 0 Å². The van der Waals surface area contributed by atoms with Gasteiger partial charge in [0.2, 0.25) is 10.0 Å². The van der Waals surface area contributed by atoms with Gasteiger partial charge in [-0.25, -0.2) is 12.7 Å². The van der Waals surface area contributed by atoms with Crippen molar-refractivity contribution in [1.29, 1.82) is 5.26 Å². The van der Waals surface area contributed by atoms with Crippen LogP contribution in [0.25, 0.3) is 21.2 Å². The van der Waals surface area contributed by atoms with Crippen molar-refractivity contribution in [3.05, 3.63) is 47.6 Å². The number of hydrogen-bond donors (Lipinski definition) is 1. The number of nitrogens with zero attached hydrogens (tertiary/aromatic N) is 3. The van der Waals surface area contributed by atoms with Gasteiger partial charge in [0.05, 0.1) is 5.25 Å². The van der Waals surface area contributed by atoms with Gasteiger partial charge >= 0.3 is 0 Å². The van der Waals surface area contributed by atoms with Crippen molar-refractivity contribution in [1.82, 2.24) is 9.29 Å². The second kappa shape index (κ2) is 7.65. The van der Waals surface area contributed by atoms with Gasteiger partial charge < -0.3 is 5.32 Å². The van der Waals surface area contributed by atoms with E-state index in [1.807, 2.05) is 24.4 Å². The number of thiophene rings is 1. The van der Waals surface area contributed by atoms with Gasteiger partial charge in [0.25, 0.3) is 0 Å². The minimum absolute atomic E-state index is 0.141. The number of piperidine rings is 1. The minimum Gasteiger partial charge on any atom is -0.382 e. The number of pyridine rings is 1. The van der Waals surface area contributed by atoms with Crippen LogP contribution in [0.15, 0.2) is 42.7 Å². The van der Waals surface area contributed by atoms with Gasteiger partial charge in [0.1, 0.15) is 10.9 Å². The maximum absolute atomic E-state index is 12.5. The molecule has 0 radical (unpaired) electrons. The van der Waals surface area contributed by atoms with Crippen molar-refractivity contribution in [2.45, 2.75) is 37.0 Å². The van der Waals surface area contributed by atoms with E-state index in [1.165, 1.54) is 11.3 Å². The molecule has 30 heavy (non-hydrogen) atoms. The molecular weight excluding hydrogens is 416 g/mol. The normalized spacial score (nSPS) is 18.4. The molecule has 2 aromatic heterocycles. The summed E-state index contributed by atoms with van der Waals surface area (Å²) in [4.78, 5) is 6.04. The molecule has 0 atom stereocenters. The first-order chi connectivity index (χ1) is 14.5. The average molecular weight is 439 g/mol.